The Kier molecular flexibility index (Phi) is 3.54. The van der Waals surface area contributed by atoms with Crippen LogP contribution in [0.3, 0.4) is 0 Å². The molecular formula is C14H12N6O3S. The average molecular weight is 344 g/mol. The van der Waals surface area contributed by atoms with Gasteiger partial charge >= 0.3 is 0 Å². The number of hydrogen-bond acceptors (Lipinski definition) is 8. The first-order valence-electron chi connectivity index (χ1n) is 7.15. The van der Waals surface area contributed by atoms with Gasteiger partial charge in [0.1, 0.15) is 10.6 Å². The first-order chi connectivity index (χ1) is 11.6. The number of nitrogens with zero attached hydrogens (tertiary/aromatic N) is 6. The van der Waals surface area contributed by atoms with Crippen molar-refractivity contribution in [1.29, 1.82) is 0 Å². The molecule has 0 N–H and O–H groups in total. The van der Waals surface area contributed by atoms with E-state index in [4.69, 9.17) is 4.52 Å². The molecule has 0 spiro atoms. The molecule has 0 saturated carbocycles. The van der Waals surface area contributed by atoms with E-state index < -0.39 is 10.0 Å². The Bertz CT molecular complexity index is 939. The van der Waals surface area contributed by atoms with Crippen molar-refractivity contribution < 1.29 is 12.9 Å². The number of hydrogen-bond donors (Lipinski definition) is 0. The predicted molar refractivity (Wildman–Crippen MR) is 81.1 cm³/mol. The highest BCUT2D eigenvalue weighted by atomic mass is 32.2. The smallest absolute Gasteiger partial charge is 0.244 e. The quantitative estimate of drug-likeness (QED) is 0.679. The van der Waals surface area contributed by atoms with Crippen molar-refractivity contribution in [3.8, 4) is 11.5 Å². The van der Waals surface area contributed by atoms with Crippen LogP contribution in [0.15, 0.2) is 52.5 Å². The van der Waals surface area contributed by atoms with Crippen LogP contribution in [0.2, 0.25) is 0 Å². The molecule has 0 aliphatic carbocycles. The number of aromatic nitrogens is 5. The molecule has 3 aromatic heterocycles. The predicted octanol–water partition coefficient (Wildman–Crippen LogP) is 0.710. The van der Waals surface area contributed by atoms with Crippen molar-refractivity contribution >= 4 is 10.0 Å². The van der Waals surface area contributed by atoms with Gasteiger partial charge in [0.25, 0.3) is 0 Å². The average Bonchev–Trinajstić information content (AvgIpc) is 3.04. The van der Waals surface area contributed by atoms with E-state index in [0.717, 1.165) is 0 Å². The molecule has 0 amide bonds. The molecule has 9 nitrogen and oxygen atoms in total. The SMILES string of the molecule is O=S(=O)(c1cccnc1)N1CC(c2nc(-c3cnccn3)no2)C1. The molecule has 1 aliphatic rings. The van der Waals surface area contributed by atoms with Crippen LogP contribution in [0, 0.1) is 0 Å². The van der Waals surface area contributed by atoms with Crippen molar-refractivity contribution in [2.45, 2.75) is 10.8 Å². The third-order valence-electron chi connectivity index (χ3n) is 3.70. The minimum absolute atomic E-state index is 0.130. The number of pyridine rings is 1. The Hall–Kier alpha value is -2.72. The second-order valence-corrected chi connectivity index (χ2v) is 7.19. The van der Waals surface area contributed by atoms with Gasteiger partial charge in [-0.2, -0.15) is 9.29 Å². The standard InChI is InChI=1S/C14H12N6O3S/c21-24(22,11-2-1-3-15-6-11)20-8-10(9-20)14-18-13(19-23-14)12-7-16-4-5-17-12/h1-7,10H,8-9H2. The van der Waals surface area contributed by atoms with E-state index in [1.807, 2.05) is 0 Å². The summed E-state index contributed by atoms with van der Waals surface area (Å²) in [4.78, 5) is 16.3. The Morgan fingerprint density at radius 2 is 1.96 bits per heavy atom. The summed E-state index contributed by atoms with van der Waals surface area (Å²) in [5.74, 6) is 0.606. The van der Waals surface area contributed by atoms with Gasteiger partial charge in [-0.25, -0.2) is 13.4 Å². The highest BCUT2D eigenvalue weighted by molar-refractivity contribution is 7.89. The summed E-state index contributed by atoms with van der Waals surface area (Å²) in [6.45, 7) is 0.582. The minimum Gasteiger partial charge on any atom is -0.339 e. The fraction of sp³-hybridized carbons (Fsp3) is 0.214. The second kappa shape index (κ2) is 5.73. The normalized spacial score (nSPS) is 16.0. The molecule has 4 rings (SSSR count). The third-order valence-corrected chi connectivity index (χ3v) is 5.52. The summed E-state index contributed by atoms with van der Waals surface area (Å²) in [5.41, 5.74) is 0.506. The molecule has 0 atom stereocenters. The lowest BCUT2D eigenvalue weighted by atomic mass is 10.0. The molecular weight excluding hydrogens is 332 g/mol. The Morgan fingerprint density at radius 3 is 2.67 bits per heavy atom. The molecule has 1 fully saturated rings. The van der Waals surface area contributed by atoms with Gasteiger partial charge in [-0.3, -0.25) is 9.97 Å². The first kappa shape index (κ1) is 14.8. The van der Waals surface area contributed by atoms with E-state index in [-0.39, 0.29) is 10.8 Å². The topological polar surface area (TPSA) is 115 Å². The zero-order valence-electron chi connectivity index (χ0n) is 12.3. The number of sulfonamides is 1. The zero-order chi connectivity index (χ0) is 16.6. The van der Waals surface area contributed by atoms with Crippen molar-refractivity contribution in [3.63, 3.8) is 0 Å². The van der Waals surface area contributed by atoms with Gasteiger partial charge in [0.2, 0.25) is 21.7 Å². The van der Waals surface area contributed by atoms with Crippen LogP contribution < -0.4 is 0 Å². The maximum Gasteiger partial charge on any atom is 0.244 e. The van der Waals surface area contributed by atoms with Crippen molar-refractivity contribution in [1.82, 2.24) is 29.4 Å². The summed E-state index contributed by atoms with van der Waals surface area (Å²) < 4.78 is 31.4. The van der Waals surface area contributed by atoms with Crippen LogP contribution in [-0.2, 0) is 10.0 Å². The molecule has 4 heterocycles. The van der Waals surface area contributed by atoms with Crippen LogP contribution in [0.25, 0.3) is 11.5 Å². The molecule has 0 aromatic carbocycles. The second-order valence-electron chi connectivity index (χ2n) is 5.25. The molecule has 0 unspecified atom stereocenters. The zero-order valence-corrected chi connectivity index (χ0v) is 13.2. The van der Waals surface area contributed by atoms with E-state index in [0.29, 0.717) is 30.5 Å². The fourth-order valence-corrected chi connectivity index (χ4v) is 3.85. The maximum absolute atomic E-state index is 12.4. The van der Waals surface area contributed by atoms with E-state index in [1.165, 1.54) is 35.2 Å². The van der Waals surface area contributed by atoms with Gasteiger partial charge in [0, 0.05) is 37.9 Å². The van der Waals surface area contributed by atoms with E-state index in [9.17, 15) is 8.42 Å². The lowest BCUT2D eigenvalue weighted by molar-refractivity contribution is 0.217. The van der Waals surface area contributed by atoms with Gasteiger partial charge in [-0.05, 0) is 12.1 Å². The van der Waals surface area contributed by atoms with Crippen LogP contribution in [0.1, 0.15) is 11.8 Å². The van der Waals surface area contributed by atoms with Crippen molar-refractivity contribution in [2.24, 2.45) is 0 Å². The van der Waals surface area contributed by atoms with Crippen LogP contribution in [-0.4, -0.2) is 50.9 Å². The molecule has 24 heavy (non-hydrogen) atoms. The molecule has 3 aromatic rings. The summed E-state index contributed by atoms with van der Waals surface area (Å²) in [6.07, 6.45) is 7.50. The van der Waals surface area contributed by atoms with Gasteiger partial charge in [-0.1, -0.05) is 5.16 Å². The minimum atomic E-state index is -3.53. The van der Waals surface area contributed by atoms with Gasteiger partial charge < -0.3 is 4.52 Å². The number of rotatable bonds is 4. The molecule has 1 aliphatic heterocycles. The van der Waals surface area contributed by atoms with Crippen molar-refractivity contribution in [2.75, 3.05) is 13.1 Å². The lowest BCUT2D eigenvalue weighted by Crippen LogP contribution is -2.48. The van der Waals surface area contributed by atoms with Gasteiger partial charge in [0.05, 0.1) is 12.1 Å². The Labute approximate surface area is 137 Å². The van der Waals surface area contributed by atoms with E-state index in [2.05, 4.69) is 25.1 Å². The molecule has 0 bridgehead atoms. The van der Waals surface area contributed by atoms with Crippen LogP contribution in [0.5, 0.6) is 0 Å². The largest absolute Gasteiger partial charge is 0.339 e. The van der Waals surface area contributed by atoms with Gasteiger partial charge in [-0.15, -0.1) is 0 Å². The van der Waals surface area contributed by atoms with E-state index >= 15 is 0 Å². The Morgan fingerprint density at radius 1 is 1.12 bits per heavy atom. The summed E-state index contributed by atoms with van der Waals surface area (Å²) in [6, 6.07) is 3.11. The fourth-order valence-electron chi connectivity index (χ4n) is 2.36. The molecule has 1 saturated heterocycles. The van der Waals surface area contributed by atoms with Gasteiger partial charge in [0.15, 0.2) is 0 Å². The summed E-state index contributed by atoms with van der Waals surface area (Å²) >= 11 is 0. The first-order valence-corrected chi connectivity index (χ1v) is 8.59. The third kappa shape index (κ3) is 2.55. The summed E-state index contributed by atoms with van der Waals surface area (Å²) in [7, 11) is -3.53. The molecule has 0 radical (unpaired) electrons. The highest BCUT2D eigenvalue weighted by Crippen LogP contribution is 2.31. The van der Waals surface area contributed by atoms with E-state index in [1.54, 1.807) is 12.3 Å². The highest BCUT2D eigenvalue weighted by Gasteiger charge is 2.40. The lowest BCUT2D eigenvalue weighted by Gasteiger charge is -2.35. The monoisotopic (exact) mass is 344 g/mol. The van der Waals surface area contributed by atoms with Crippen molar-refractivity contribution in [3.05, 3.63) is 49.0 Å². The summed E-state index contributed by atoms with van der Waals surface area (Å²) in [5, 5.41) is 3.87. The van der Waals surface area contributed by atoms with Crippen LogP contribution >= 0.6 is 0 Å². The Balaban J connectivity index is 1.48. The van der Waals surface area contributed by atoms with Crippen LogP contribution in [0.4, 0.5) is 0 Å². The maximum atomic E-state index is 12.4. The molecule has 10 heteroatoms. The molecule has 122 valence electrons.